The van der Waals surface area contributed by atoms with Crippen molar-refractivity contribution in [3.8, 4) is 0 Å². The van der Waals surface area contributed by atoms with Crippen molar-refractivity contribution < 1.29 is 9.90 Å². The van der Waals surface area contributed by atoms with Crippen LogP contribution in [0.4, 0.5) is 11.4 Å². The Morgan fingerprint density at radius 1 is 1.19 bits per heavy atom. The van der Waals surface area contributed by atoms with E-state index >= 15 is 0 Å². The van der Waals surface area contributed by atoms with E-state index in [4.69, 9.17) is 0 Å². The monoisotopic (exact) mass is 362 g/mol. The van der Waals surface area contributed by atoms with Crippen LogP contribution in [0, 0.1) is 13.8 Å². The van der Waals surface area contributed by atoms with Crippen molar-refractivity contribution in [2.75, 3.05) is 11.9 Å². The van der Waals surface area contributed by atoms with Gasteiger partial charge in [-0.05, 0) is 81.1 Å². The maximum atomic E-state index is 11.3. The highest BCUT2D eigenvalue weighted by molar-refractivity contribution is 5.93. The predicted molar refractivity (Wildman–Crippen MR) is 113 cm³/mol. The van der Waals surface area contributed by atoms with E-state index in [2.05, 4.69) is 62.8 Å². The third-order valence-corrected chi connectivity index (χ3v) is 5.48. The van der Waals surface area contributed by atoms with Crippen LogP contribution in [0.15, 0.2) is 41.4 Å². The van der Waals surface area contributed by atoms with Gasteiger partial charge in [0, 0.05) is 24.5 Å². The van der Waals surface area contributed by atoms with Gasteiger partial charge in [-0.3, -0.25) is 4.99 Å². The number of carbonyl (C=O) groups is 1. The lowest BCUT2D eigenvalue weighted by atomic mass is 9.87. The Morgan fingerprint density at radius 3 is 2.56 bits per heavy atom. The molecule has 0 fully saturated rings. The number of nitrogens with zero attached hydrogens (tertiary/aromatic N) is 2. The van der Waals surface area contributed by atoms with Gasteiger partial charge in [-0.15, -0.1) is 0 Å². The summed E-state index contributed by atoms with van der Waals surface area (Å²) in [7, 11) is 2.12. The molecule has 0 unspecified atom stereocenters. The zero-order valence-electron chi connectivity index (χ0n) is 16.8. The Kier molecular flexibility index (Phi) is 4.68. The van der Waals surface area contributed by atoms with Crippen molar-refractivity contribution in [3.63, 3.8) is 0 Å². The van der Waals surface area contributed by atoms with E-state index in [1.54, 1.807) is 19.1 Å². The van der Waals surface area contributed by atoms with Crippen molar-refractivity contribution in [3.05, 3.63) is 64.2 Å². The van der Waals surface area contributed by atoms with Crippen LogP contribution >= 0.6 is 0 Å². The van der Waals surface area contributed by atoms with Crippen LogP contribution in [0.5, 0.6) is 0 Å². The number of likely N-dealkylation sites (N-methyl/N-ethyl adjacent to an activating group) is 1. The largest absolute Gasteiger partial charge is 0.478 e. The zero-order valence-corrected chi connectivity index (χ0v) is 16.8. The summed E-state index contributed by atoms with van der Waals surface area (Å²) in [4.78, 5) is 18.2. The van der Waals surface area contributed by atoms with Gasteiger partial charge in [0.15, 0.2) is 0 Å². The Bertz CT molecular complexity index is 984. The number of aliphatic imine (C=N–C) groups is 1. The average Bonchev–Trinajstić information content (AvgIpc) is 2.59. The third kappa shape index (κ3) is 3.39. The average molecular weight is 362 g/mol. The molecule has 2 aromatic carbocycles. The molecule has 0 spiro atoms. The molecule has 0 atom stereocenters. The van der Waals surface area contributed by atoms with Gasteiger partial charge in [-0.1, -0.05) is 12.1 Å². The van der Waals surface area contributed by atoms with E-state index in [9.17, 15) is 9.90 Å². The van der Waals surface area contributed by atoms with Crippen LogP contribution in [0.1, 0.15) is 53.4 Å². The standard InChI is InChI=1S/C23H26N2O2/c1-14-10-21-19(15(2)12-23(4,5)25(21)6)11-17(14)13-24-20-9-7-8-18(16(20)3)22(26)27/h7-13H,1-6H3,(H,26,27). The molecule has 0 radical (unpaired) electrons. The minimum absolute atomic E-state index is 0.0203. The Balaban J connectivity index is 2.03. The summed E-state index contributed by atoms with van der Waals surface area (Å²) in [6, 6.07) is 9.55. The number of benzene rings is 2. The molecule has 1 heterocycles. The van der Waals surface area contributed by atoms with Gasteiger partial charge in [-0.25, -0.2) is 4.79 Å². The summed E-state index contributed by atoms with van der Waals surface area (Å²) in [5.74, 6) is -0.930. The summed E-state index contributed by atoms with van der Waals surface area (Å²) < 4.78 is 0. The molecule has 0 amide bonds. The van der Waals surface area contributed by atoms with Gasteiger partial charge < -0.3 is 10.0 Å². The Morgan fingerprint density at radius 2 is 1.89 bits per heavy atom. The molecule has 0 aliphatic carbocycles. The maximum Gasteiger partial charge on any atom is 0.336 e. The number of rotatable bonds is 3. The van der Waals surface area contributed by atoms with E-state index in [1.165, 1.54) is 16.8 Å². The van der Waals surface area contributed by atoms with E-state index in [0.717, 1.165) is 11.1 Å². The lowest BCUT2D eigenvalue weighted by Crippen LogP contribution is -2.42. The minimum atomic E-state index is -0.930. The summed E-state index contributed by atoms with van der Waals surface area (Å²) in [5, 5.41) is 9.29. The Hall–Kier alpha value is -2.88. The summed E-state index contributed by atoms with van der Waals surface area (Å²) in [6.45, 7) is 10.4. The Labute approximate surface area is 160 Å². The smallest absolute Gasteiger partial charge is 0.336 e. The number of allylic oxidation sites excluding steroid dienone is 1. The van der Waals surface area contributed by atoms with Crippen LogP contribution in [0.3, 0.4) is 0 Å². The van der Waals surface area contributed by atoms with Crippen LogP contribution in [0.2, 0.25) is 0 Å². The number of fused-ring (bicyclic) bond motifs is 1. The van der Waals surface area contributed by atoms with Crippen molar-refractivity contribution in [1.29, 1.82) is 0 Å². The number of anilines is 1. The molecule has 4 heteroatoms. The lowest BCUT2D eigenvalue weighted by molar-refractivity contribution is 0.0696. The summed E-state index contributed by atoms with van der Waals surface area (Å²) in [6.07, 6.45) is 4.11. The predicted octanol–water partition coefficient (Wildman–Crippen LogP) is 5.38. The third-order valence-electron chi connectivity index (χ3n) is 5.48. The van der Waals surface area contributed by atoms with Crippen molar-refractivity contribution in [2.45, 2.75) is 40.2 Å². The van der Waals surface area contributed by atoms with E-state index < -0.39 is 5.97 Å². The second-order valence-corrected chi connectivity index (χ2v) is 7.78. The second-order valence-electron chi connectivity index (χ2n) is 7.78. The van der Waals surface area contributed by atoms with Gasteiger partial charge >= 0.3 is 5.97 Å². The molecule has 4 nitrogen and oxygen atoms in total. The quantitative estimate of drug-likeness (QED) is 0.745. The normalized spacial score (nSPS) is 15.6. The number of hydrogen-bond donors (Lipinski definition) is 1. The molecular formula is C23H26N2O2. The molecule has 0 saturated heterocycles. The van der Waals surface area contributed by atoms with Crippen molar-refractivity contribution >= 4 is 29.1 Å². The van der Waals surface area contributed by atoms with E-state index in [-0.39, 0.29) is 11.1 Å². The van der Waals surface area contributed by atoms with Crippen LogP contribution in [0.25, 0.3) is 5.57 Å². The van der Waals surface area contributed by atoms with Gasteiger partial charge in [-0.2, -0.15) is 0 Å². The topological polar surface area (TPSA) is 52.9 Å². The fourth-order valence-electron chi connectivity index (χ4n) is 3.59. The van der Waals surface area contributed by atoms with Crippen molar-refractivity contribution in [2.24, 2.45) is 4.99 Å². The second kappa shape index (κ2) is 6.69. The maximum absolute atomic E-state index is 11.3. The molecule has 0 saturated carbocycles. The number of carboxylic acids is 1. The fraction of sp³-hybridized carbons (Fsp3) is 0.304. The number of aryl methyl sites for hydroxylation is 1. The first-order valence-electron chi connectivity index (χ1n) is 9.07. The molecular weight excluding hydrogens is 336 g/mol. The number of hydrogen-bond acceptors (Lipinski definition) is 3. The molecule has 3 rings (SSSR count). The van der Waals surface area contributed by atoms with Gasteiger partial charge in [0.2, 0.25) is 0 Å². The minimum Gasteiger partial charge on any atom is -0.478 e. The molecule has 2 aromatic rings. The first-order chi connectivity index (χ1) is 12.6. The zero-order chi connectivity index (χ0) is 19.9. The first-order valence-corrected chi connectivity index (χ1v) is 9.07. The summed E-state index contributed by atoms with van der Waals surface area (Å²) >= 11 is 0. The molecule has 1 N–H and O–H groups in total. The van der Waals surface area contributed by atoms with Crippen LogP contribution < -0.4 is 4.90 Å². The molecule has 1 aliphatic rings. The highest BCUT2D eigenvalue weighted by Gasteiger charge is 2.28. The highest BCUT2D eigenvalue weighted by Crippen LogP contribution is 2.39. The molecule has 0 bridgehead atoms. The van der Waals surface area contributed by atoms with Gasteiger partial charge in [0.1, 0.15) is 0 Å². The SMILES string of the molecule is CC1=CC(C)(C)N(C)c2cc(C)c(C=Nc3cccc(C(=O)O)c3C)cc21. The number of aromatic carboxylic acids is 1. The molecule has 0 aromatic heterocycles. The van der Waals surface area contributed by atoms with E-state index in [1.807, 2.05) is 12.3 Å². The molecule has 140 valence electrons. The lowest BCUT2D eigenvalue weighted by Gasteiger charge is -2.41. The van der Waals surface area contributed by atoms with Crippen LogP contribution in [-0.2, 0) is 0 Å². The van der Waals surface area contributed by atoms with Crippen LogP contribution in [-0.4, -0.2) is 29.9 Å². The van der Waals surface area contributed by atoms with Gasteiger partial charge in [0.25, 0.3) is 0 Å². The molecule has 27 heavy (non-hydrogen) atoms. The highest BCUT2D eigenvalue weighted by atomic mass is 16.4. The van der Waals surface area contributed by atoms with Gasteiger partial charge in [0.05, 0.1) is 16.8 Å². The van der Waals surface area contributed by atoms with Crippen molar-refractivity contribution in [1.82, 2.24) is 0 Å². The first kappa shape index (κ1) is 18.9. The summed E-state index contributed by atoms with van der Waals surface area (Å²) in [5.41, 5.74) is 7.48. The number of carboxylic acid groups (broad SMARTS) is 1. The van der Waals surface area contributed by atoms with E-state index in [0.29, 0.717) is 11.3 Å². The molecule has 1 aliphatic heterocycles. The fourth-order valence-corrected chi connectivity index (χ4v) is 3.59.